The van der Waals surface area contributed by atoms with Crippen LogP contribution in [0, 0.1) is 11.3 Å². The zero-order valence-electron chi connectivity index (χ0n) is 9.71. The van der Waals surface area contributed by atoms with Crippen LogP contribution in [0.4, 0.5) is 0 Å². The summed E-state index contributed by atoms with van der Waals surface area (Å²) < 4.78 is 5.20. The van der Waals surface area contributed by atoms with Crippen molar-refractivity contribution in [1.82, 2.24) is 0 Å². The average Bonchev–Trinajstić information content (AvgIpc) is 2.82. The van der Waals surface area contributed by atoms with E-state index in [1.165, 1.54) is 5.57 Å². The van der Waals surface area contributed by atoms with Gasteiger partial charge in [0.1, 0.15) is 6.10 Å². The number of rotatable bonds is 5. The van der Waals surface area contributed by atoms with Crippen molar-refractivity contribution in [3.63, 3.8) is 0 Å². The first kappa shape index (κ1) is 11.7. The zero-order valence-corrected chi connectivity index (χ0v) is 9.71. The van der Waals surface area contributed by atoms with Crippen LogP contribution in [0.2, 0.25) is 0 Å². The number of hydrogen-bond donors (Lipinski definition) is 1. The molecule has 3 atom stereocenters. The molecule has 0 aromatic carbocycles. The number of aliphatic hydroxyl groups is 1. The maximum Gasteiger partial charge on any atom is 0.182 e. The molecule has 3 unspecified atom stereocenters. The predicted octanol–water partition coefficient (Wildman–Crippen LogP) is 2.72. The van der Waals surface area contributed by atoms with E-state index in [1.807, 2.05) is 0 Å². The third-order valence-electron chi connectivity index (χ3n) is 3.57. The molecule has 0 aromatic heterocycles. The van der Waals surface area contributed by atoms with E-state index < -0.39 is 6.29 Å². The third kappa shape index (κ3) is 2.18. The first-order chi connectivity index (χ1) is 6.41. The van der Waals surface area contributed by atoms with Crippen LogP contribution in [-0.2, 0) is 4.74 Å². The number of allylic oxidation sites excluding steroid dienone is 1. The van der Waals surface area contributed by atoms with Gasteiger partial charge in [-0.3, -0.25) is 0 Å². The maximum absolute atomic E-state index is 9.34. The monoisotopic (exact) mass is 198 g/mol. The number of epoxide rings is 1. The molecule has 0 bridgehead atoms. The molecule has 2 nitrogen and oxygen atoms in total. The molecule has 0 aromatic rings. The highest BCUT2D eigenvalue weighted by Gasteiger charge is 2.52. The van der Waals surface area contributed by atoms with Crippen molar-refractivity contribution < 1.29 is 9.84 Å². The molecule has 1 aliphatic rings. The van der Waals surface area contributed by atoms with Crippen LogP contribution in [0.3, 0.4) is 0 Å². The number of ether oxygens (including phenoxy) is 1. The topological polar surface area (TPSA) is 32.8 Å². The molecule has 0 spiro atoms. The van der Waals surface area contributed by atoms with Crippen molar-refractivity contribution in [1.29, 1.82) is 0 Å². The van der Waals surface area contributed by atoms with Crippen LogP contribution < -0.4 is 0 Å². The van der Waals surface area contributed by atoms with Crippen molar-refractivity contribution in [2.45, 2.75) is 52.9 Å². The summed E-state index contributed by atoms with van der Waals surface area (Å²) in [6, 6.07) is 0. The van der Waals surface area contributed by atoms with Crippen LogP contribution >= 0.6 is 0 Å². The third-order valence-corrected chi connectivity index (χ3v) is 3.57. The molecule has 0 radical (unpaired) electrons. The Morgan fingerprint density at radius 3 is 2.36 bits per heavy atom. The fourth-order valence-corrected chi connectivity index (χ4v) is 1.88. The molecular weight excluding hydrogens is 176 g/mol. The summed E-state index contributed by atoms with van der Waals surface area (Å²) in [6.45, 7) is 12.7. The lowest BCUT2D eigenvalue weighted by Gasteiger charge is -2.32. The van der Waals surface area contributed by atoms with Gasteiger partial charge in [0.25, 0.3) is 0 Å². The van der Waals surface area contributed by atoms with E-state index in [1.54, 1.807) is 0 Å². The lowest BCUT2D eigenvalue weighted by Crippen LogP contribution is -2.31. The van der Waals surface area contributed by atoms with Crippen LogP contribution in [0.15, 0.2) is 12.2 Å². The van der Waals surface area contributed by atoms with Gasteiger partial charge in [0.2, 0.25) is 0 Å². The van der Waals surface area contributed by atoms with Crippen molar-refractivity contribution >= 4 is 0 Å². The molecule has 0 aliphatic carbocycles. The molecule has 1 N–H and O–H groups in total. The highest BCUT2D eigenvalue weighted by molar-refractivity contribution is 5.05. The van der Waals surface area contributed by atoms with Gasteiger partial charge in [-0.15, -0.1) is 0 Å². The first-order valence-electron chi connectivity index (χ1n) is 5.42. The summed E-state index contributed by atoms with van der Waals surface area (Å²) >= 11 is 0. The van der Waals surface area contributed by atoms with E-state index >= 15 is 0 Å². The highest BCUT2D eigenvalue weighted by Crippen LogP contribution is 2.47. The van der Waals surface area contributed by atoms with Gasteiger partial charge < -0.3 is 9.84 Å². The Morgan fingerprint density at radius 1 is 1.57 bits per heavy atom. The van der Waals surface area contributed by atoms with Crippen LogP contribution in [0.5, 0.6) is 0 Å². The number of aliphatic hydroxyl groups excluding tert-OH is 1. The van der Waals surface area contributed by atoms with Crippen LogP contribution in [-0.4, -0.2) is 17.5 Å². The molecule has 1 aliphatic heterocycles. The van der Waals surface area contributed by atoms with Gasteiger partial charge in [-0.2, -0.15) is 0 Å². The molecule has 82 valence electrons. The molecule has 0 amide bonds. The summed E-state index contributed by atoms with van der Waals surface area (Å²) in [6.07, 6.45) is 1.41. The molecule has 2 heteroatoms. The van der Waals surface area contributed by atoms with E-state index in [0.717, 1.165) is 12.8 Å². The number of hydrogen-bond acceptors (Lipinski definition) is 2. The smallest absolute Gasteiger partial charge is 0.182 e. The lowest BCUT2D eigenvalue weighted by atomic mass is 9.71. The minimum absolute atomic E-state index is 0.00537. The van der Waals surface area contributed by atoms with Crippen molar-refractivity contribution in [2.75, 3.05) is 0 Å². The van der Waals surface area contributed by atoms with Gasteiger partial charge in [-0.1, -0.05) is 39.8 Å². The van der Waals surface area contributed by atoms with Gasteiger partial charge in [0.15, 0.2) is 6.29 Å². The predicted molar refractivity (Wildman–Crippen MR) is 57.9 cm³/mol. The first-order valence-corrected chi connectivity index (χ1v) is 5.42. The summed E-state index contributed by atoms with van der Waals surface area (Å²) in [7, 11) is 0. The van der Waals surface area contributed by atoms with Gasteiger partial charge in [-0.25, -0.2) is 0 Å². The second-order valence-electron chi connectivity index (χ2n) is 4.89. The lowest BCUT2D eigenvalue weighted by molar-refractivity contribution is 0.142. The Hall–Kier alpha value is -0.340. The quantitative estimate of drug-likeness (QED) is 0.544. The van der Waals surface area contributed by atoms with E-state index in [0.29, 0.717) is 5.92 Å². The van der Waals surface area contributed by atoms with Crippen molar-refractivity contribution in [3.05, 3.63) is 12.2 Å². The molecular formula is C12H22O2. The fourth-order valence-electron chi connectivity index (χ4n) is 1.88. The Balaban J connectivity index is 2.67. The molecule has 1 rings (SSSR count). The molecule has 0 saturated carbocycles. The molecule has 1 fully saturated rings. The van der Waals surface area contributed by atoms with Gasteiger partial charge in [0.05, 0.1) is 0 Å². The fraction of sp³-hybridized carbons (Fsp3) is 0.833. The van der Waals surface area contributed by atoms with Crippen molar-refractivity contribution in [3.8, 4) is 0 Å². The van der Waals surface area contributed by atoms with Gasteiger partial charge >= 0.3 is 0 Å². The summed E-state index contributed by atoms with van der Waals surface area (Å²) in [5, 5.41) is 9.34. The molecule has 1 heterocycles. The largest absolute Gasteiger partial charge is 0.366 e. The SMILES string of the molecule is C=C(CC)CC(C)(C(C)C)C1OC1O. The van der Waals surface area contributed by atoms with Gasteiger partial charge in [-0.05, 0) is 18.8 Å². The minimum Gasteiger partial charge on any atom is -0.366 e. The second-order valence-corrected chi connectivity index (χ2v) is 4.89. The Bertz CT molecular complexity index is 222. The summed E-state index contributed by atoms with van der Waals surface area (Å²) in [5.41, 5.74) is 1.27. The standard InChI is InChI=1S/C12H22O2/c1-6-9(4)7-12(5,8(2)3)10-11(13)14-10/h8,10-11,13H,4,6-7H2,1-3,5H3. The Kier molecular flexibility index (Phi) is 3.38. The Morgan fingerprint density at radius 2 is 2.07 bits per heavy atom. The van der Waals surface area contributed by atoms with Crippen molar-refractivity contribution in [2.24, 2.45) is 11.3 Å². The normalized spacial score (nSPS) is 30.1. The van der Waals surface area contributed by atoms with E-state index in [9.17, 15) is 5.11 Å². The van der Waals surface area contributed by atoms with Crippen LogP contribution in [0.25, 0.3) is 0 Å². The summed E-state index contributed by atoms with van der Waals surface area (Å²) in [4.78, 5) is 0. The molecule has 1 saturated heterocycles. The zero-order chi connectivity index (χ0) is 10.9. The van der Waals surface area contributed by atoms with E-state index in [4.69, 9.17) is 4.74 Å². The average molecular weight is 198 g/mol. The summed E-state index contributed by atoms with van der Waals surface area (Å²) in [5.74, 6) is 0.493. The van der Waals surface area contributed by atoms with E-state index in [-0.39, 0.29) is 11.5 Å². The maximum atomic E-state index is 9.34. The van der Waals surface area contributed by atoms with E-state index in [2.05, 4.69) is 34.3 Å². The van der Waals surface area contributed by atoms with Crippen LogP contribution in [0.1, 0.15) is 40.5 Å². The second kappa shape index (κ2) is 4.03. The highest BCUT2D eigenvalue weighted by atomic mass is 16.7. The van der Waals surface area contributed by atoms with Gasteiger partial charge in [0, 0.05) is 5.41 Å². The minimum atomic E-state index is -0.549. The molecule has 14 heavy (non-hydrogen) atoms. The Labute approximate surface area is 87.0 Å².